The molecule has 16 heavy (non-hydrogen) atoms. The third kappa shape index (κ3) is 9.09. The number of hydrogen-bond acceptors (Lipinski definition) is 4. The number of nitrogens with one attached hydrogen (secondary N) is 1. The predicted molar refractivity (Wildman–Crippen MR) is 67.8 cm³/mol. The second kappa shape index (κ2) is 11.3. The lowest BCUT2D eigenvalue weighted by atomic mass is 10.2. The first-order valence-corrected chi connectivity index (χ1v) is 6.35. The first-order chi connectivity index (χ1) is 7.74. The van der Waals surface area contributed by atoms with Crippen molar-refractivity contribution in [2.24, 2.45) is 0 Å². The summed E-state index contributed by atoms with van der Waals surface area (Å²) >= 11 is 0. The van der Waals surface area contributed by atoms with Gasteiger partial charge in [-0.15, -0.1) is 0 Å². The quantitative estimate of drug-likeness (QED) is 0.515. The van der Waals surface area contributed by atoms with Gasteiger partial charge in [-0.2, -0.15) is 0 Å². The molecular weight excluding hydrogens is 204 g/mol. The normalized spacial score (nSPS) is 13.3. The molecule has 0 saturated carbocycles. The van der Waals surface area contributed by atoms with E-state index in [-0.39, 0.29) is 6.61 Å². The van der Waals surface area contributed by atoms with Crippen LogP contribution in [0.25, 0.3) is 0 Å². The number of ether oxygens (including phenoxy) is 1. The van der Waals surface area contributed by atoms with Gasteiger partial charge in [-0.25, -0.2) is 0 Å². The molecule has 0 aliphatic rings. The van der Waals surface area contributed by atoms with Crippen LogP contribution in [0, 0.1) is 0 Å². The summed E-state index contributed by atoms with van der Waals surface area (Å²) in [6, 6.07) is 0.386. The first-order valence-electron chi connectivity index (χ1n) is 6.35. The van der Waals surface area contributed by atoms with Gasteiger partial charge in [0, 0.05) is 32.3 Å². The molecule has 0 fully saturated rings. The largest absolute Gasteiger partial charge is 0.396 e. The molecule has 0 heterocycles. The lowest BCUT2D eigenvalue weighted by Gasteiger charge is -2.24. The van der Waals surface area contributed by atoms with Crippen LogP contribution in [0.3, 0.4) is 0 Å². The topological polar surface area (TPSA) is 44.7 Å². The van der Waals surface area contributed by atoms with Crippen molar-refractivity contribution in [3.05, 3.63) is 0 Å². The highest BCUT2D eigenvalue weighted by atomic mass is 16.5. The molecule has 4 nitrogen and oxygen atoms in total. The van der Waals surface area contributed by atoms with Crippen molar-refractivity contribution in [1.82, 2.24) is 10.2 Å². The Morgan fingerprint density at radius 1 is 1.38 bits per heavy atom. The molecule has 0 aromatic carbocycles. The summed E-state index contributed by atoms with van der Waals surface area (Å²) in [5, 5.41) is 12.4. The van der Waals surface area contributed by atoms with E-state index in [0.717, 1.165) is 45.7 Å². The van der Waals surface area contributed by atoms with E-state index in [1.165, 1.54) is 0 Å². The minimum absolute atomic E-state index is 0.251. The van der Waals surface area contributed by atoms with E-state index in [4.69, 9.17) is 9.84 Å². The zero-order chi connectivity index (χ0) is 12.2. The molecule has 0 aliphatic carbocycles. The number of aliphatic hydroxyl groups is 1. The Morgan fingerprint density at radius 2 is 2.12 bits per heavy atom. The van der Waals surface area contributed by atoms with Crippen LogP contribution in [0.15, 0.2) is 0 Å². The van der Waals surface area contributed by atoms with Crippen LogP contribution in [-0.4, -0.2) is 62.6 Å². The summed E-state index contributed by atoms with van der Waals surface area (Å²) in [6.07, 6.45) is 1.95. The van der Waals surface area contributed by atoms with Crippen molar-refractivity contribution in [3.8, 4) is 0 Å². The summed E-state index contributed by atoms with van der Waals surface area (Å²) < 4.78 is 5.32. The van der Waals surface area contributed by atoms with E-state index in [0.29, 0.717) is 6.04 Å². The Kier molecular flexibility index (Phi) is 11.2. The molecule has 0 amide bonds. The van der Waals surface area contributed by atoms with Crippen molar-refractivity contribution in [2.45, 2.75) is 32.7 Å². The van der Waals surface area contributed by atoms with E-state index in [2.05, 4.69) is 24.2 Å². The number of nitrogens with zero attached hydrogens (tertiary/aromatic N) is 1. The minimum atomic E-state index is 0.251. The average Bonchev–Trinajstić information content (AvgIpc) is 2.26. The Balaban J connectivity index is 3.68. The van der Waals surface area contributed by atoms with Gasteiger partial charge >= 0.3 is 0 Å². The van der Waals surface area contributed by atoms with Gasteiger partial charge in [0.25, 0.3) is 0 Å². The summed E-state index contributed by atoms with van der Waals surface area (Å²) in [7, 11) is 2.09. The third-order valence-electron chi connectivity index (χ3n) is 2.51. The fourth-order valence-corrected chi connectivity index (χ4v) is 1.59. The van der Waals surface area contributed by atoms with Crippen LogP contribution >= 0.6 is 0 Å². The molecule has 0 spiro atoms. The average molecular weight is 232 g/mol. The van der Waals surface area contributed by atoms with Gasteiger partial charge in [-0.3, -0.25) is 0 Å². The second-order valence-corrected chi connectivity index (χ2v) is 4.12. The van der Waals surface area contributed by atoms with Crippen LogP contribution in [0.4, 0.5) is 0 Å². The van der Waals surface area contributed by atoms with Crippen LogP contribution in [0.1, 0.15) is 26.7 Å². The van der Waals surface area contributed by atoms with Crippen LogP contribution in [0.2, 0.25) is 0 Å². The monoisotopic (exact) mass is 232 g/mol. The van der Waals surface area contributed by atoms with Gasteiger partial charge in [-0.05, 0) is 33.4 Å². The second-order valence-electron chi connectivity index (χ2n) is 4.12. The van der Waals surface area contributed by atoms with Crippen molar-refractivity contribution in [3.63, 3.8) is 0 Å². The highest BCUT2D eigenvalue weighted by Gasteiger charge is 2.09. The molecule has 0 aromatic rings. The zero-order valence-electron chi connectivity index (χ0n) is 11.0. The van der Waals surface area contributed by atoms with Gasteiger partial charge < -0.3 is 20.1 Å². The number of hydrogen-bond donors (Lipinski definition) is 2. The lowest BCUT2D eigenvalue weighted by Crippen LogP contribution is -2.41. The summed E-state index contributed by atoms with van der Waals surface area (Å²) in [6.45, 7) is 8.91. The van der Waals surface area contributed by atoms with Crippen molar-refractivity contribution >= 4 is 0 Å². The fourth-order valence-electron chi connectivity index (χ4n) is 1.59. The molecule has 0 radical (unpaired) electrons. The van der Waals surface area contributed by atoms with Crippen molar-refractivity contribution in [2.75, 3.05) is 46.5 Å². The van der Waals surface area contributed by atoms with Crippen molar-refractivity contribution in [1.29, 1.82) is 0 Å². The minimum Gasteiger partial charge on any atom is -0.396 e. The van der Waals surface area contributed by atoms with Crippen LogP contribution in [0.5, 0.6) is 0 Å². The molecule has 0 aromatic heterocycles. The molecule has 2 N–H and O–H groups in total. The van der Waals surface area contributed by atoms with Crippen LogP contribution in [-0.2, 0) is 4.74 Å². The van der Waals surface area contributed by atoms with Gasteiger partial charge in [0.2, 0.25) is 0 Å². The van der Waals surface area contributed by atoms with Gasteiger partial charge in [0.1, 0.15) is 0 Å². The highest BCUT2D eigenvalue weighted by molar-refractivity contribution is 4.70. The Labute approximate surface area is 100.0 Å². The van der Waals surface area contributed by atoms with Crippen molar-refractivity contribution < 1.29 is 9.84 Å². The summed E-state index contributed by atoms with van der Waals surface area (Å²) in [5.74, 6) is 0. The highest BCUT2D eigenvalue weighted by Crippen LogP contribution is 1.95. The molecule has 1 unspecified atom stereocenters. The predicted octanol–water partition coefficient (Wildman–Crippen LogP) is 0.705. The Hall–Kier alpha value is -0.160. The third-order valence-corrected chi connectivity index (χ3v) is 2.51. The molecule has 4 heteroatoms. The zero-order valence-corrected chi connectivity index (χ0v) is 11.0. The molecule has 98 valence electrons. The molecule has 0 saturated heterocycles. The Bertz CT molecular complexity index is 145. The maximum atomic E-state index is 8.98. The Morgan fingerprint density at radius 3 is 2.69 bits per heavy atom. The van der Waals surface area contributed by atoms with Gasteiger partial charge in [0.05, 0.1) is 6.61 Å². The number of aliphatic hydroxyl groups excluding tert-OH is 1. The lowest BCUT2D eigenvalue weighted by molar-refractivity contribution is 0.117. The SMILES string of the molecule is CCCNC(CCO)CN(C)CCOCC. The summed E-state index contributed by atoms with van der Waals surface area (Å²) in [5.41, 5.74) is 0. The van der Waals surface area contributed by atoms with Gasteiger partial charge in [-0.1, -0.05) is 6.92 Å². The maximum Gasteiger partial charge on any atom is 0.0593 e. The first kappa shape index (κ1) is 15.8. The van der Waals surface area contributed by atoms with E-state index in [9.17, 15) is 0 Å². The number of rotatable bonds is 11. The van der Waals surface area contributed by atoms with E-state index < -0.39 is 0 Å². The maximum absolute atomic E-state index is 8.98. The van der Waals surface area contributed by atoms with E-state index in [1.807, 2.05) is 6.92 Å². The van der Waals surface area contributed by atoms with Gasteiger partial charge in [0.15, 0.2) is 0 Å². The smallest absolute Gasteiger partial charge is 0.0593 e. The standard InChI is InChI=1S/C12H28N2O2/c1-4-7-13-12(6-9-15)11-14(3)8-10-16-5-2/h12-13,15H,4-11H2,1-3H3. The molecule has 1 atom stereocenters. The molecular formula is C12H28N2O2. The van der Waals surface area contributed by atoms with E-state index >= 15 is 0 Å². The molecule has 0 bridgehead atoms. The molecule has 0 rings (SSSR count). The van der Waals surface area contributed by atoms with E-state index in [1.54, 1.807) is 0 Å². The fraction of sp³-hybridized carbons (Fsp3) is 1.00. The van der Waals surface area contributed by atoms with Crippen LogP contribution < -0.4 is 5.32 Å². The summed E-state index contributed by atoms with van der Waals surface area (Å²) in [4.78, 5) is 2.25. The number of likely N-dealkylation sites (N-methyl/N-ethyl adjacent to an activating group) is 1. The molecule has 0 aliphatic heterocycles.